The first kappa shape index (κ1) is 16.5. The lowest BCUT2D eigenvalue weighted by molar-refractivity contribution is -0.129. The summed E-state index contributed by atoms with van der Waals surface area (Å²) in [6.45, 7) is 4.48. The summed E-state index contributed by atoms with van der Waals surface area (Å²) in [5.41, 5.74) is 1.92. The van der Waals surface area contributed by atoms with Gasteiger partial charge >= 0.3 is 0 Å². The fourth-order valence-electron chi connectivity index (χ4n) is 3.01. The van der Waals surface area contributed by atoms with E-state index in [2.05, 4.69) is 16.7 Å². The highest BCUT2D eigenvalue weighted by Crippen LogP contribution is 2.26. The highest BCUT2D eigenvalue weighted by molar-refractivity contribution is 7.13. The Hall–Kier alpha value is -3.00. The van der Waals surface area contributed by atoms with Gasteiger partial charge in [-0.1, -0.05) is 12.6 Å². The van der Waals surface area contributed by atoms with Crippen LogP contribution in [-0.4, -0.2) is 62.4 Å². The van der Waals surface area contributed by atoms with E-state index in [1.165, 1.54) is 6.08 Å². The predicted octanol–water partition coefficient (Wildman–Crippen LogP) is 1.93. The van der Waals surface area contributed by atoms with Crippen LogP contribution in [0, 0.1) is 0 Å². The maximum atomic E-state index is 12.8. The number of hydrogen-bond donors (Lipinski definition) is 0. The molecule has 3 aromatic heterocycles. The van der Waals surface area contributed by atoms with Gasteiger partial charge in [-0.05, 0) is 23.6 Å². The van der Waals surface area contributed by atoms with Crippen LogP contribution in [0.3, 0.4) is 0 Å². The van der Waals surface area contributed by atoms with E-state index < -0.39 is 0 Å². The molecule has 0 aromatic carbocycles. The molecule has 26 heavy (non-hydrogen) atoms. The predicted molar refractivity (Wildman–Crippen MR) is 99.0 cm³/mol. The first-order chi connectivity index (χ1) is 12.6. The van der Waals surface area contributed by atoms with E-state index in [1.54, 1.807) is 45.1 Å². The Kier molecular flexibility index (Phi) is 4.04. The molecule has 0 saturated carbocycles. The summed E-state index contributed by atoms with van der Waals surface area (Å²) in [6, 6.07) is 5.88. The minimum Gasteiger partial charge on any atom is -0.336 e. The molecule has 0 spiro atoms. The molecule has 0 bridgehead atoms. The molecule has 2 amide bonds. The third-order valence-corrected chi connectivity index (χ3v) is 5.52. The molecule has 1 saturated heterocycles. The van der Waals surface area contributed by atoms with Crippen molar-refractivity contribution in [3.05, 3.63) is 54.2 Å². The molecule has 4 rings (SSSR count). The molecule has 132 valence electrons. The van der Waals surface area contributed by atoms with E-state index in [0.29, 0.717) is 24.3 Å². The normalized spacial score (nSPS) is 14.3. The highest BCUT2D eigenvalue weighted by Gasteiger charge is 2.36. The van der Waals surface area contributed by atoms with Crippen molar-refractivity contribution in [2.24, 2.45) is 0 Å². The molecule has 0 atom stereocenters. The van der Waals surface area contributed by atoms with Gasteiger partial charge in [0.2, 0.25) is 5.91 Å². The molecule has 0 N–H and O–H groups in total. The van der Waals surface area contributed by atoms with Gasteiger partial charge in [0, 0.05) is 26.3 Å². The molecule has 7 nitrogen and oxygen atoms in total. The molecule has 0 aliphatic carbocycles. The number of thiophene rings is 1. The summed E-state index contributed by atoms with van der Waals surface area (Å²) >= 11 is 1.61. The summed E-state index contributed by atoms with van der Waals surface area (Å²) in [5.74, 6) is -0.258. The number of likely N-dealkylation sites (tertiary alicyclic amines) is 1. The van der Waals surface area contributed by atoms with Crippen LogP contribution in [-0.2, 0) is 4.79 Å². The van der Waals surface area contributed by atoms with E-state index >= 15 is 0 Å². The molecular weight excluding hydrogens is 350 g/mol. The van der Waals surface area contributed by atoms with Gasteiger partial charge in [-0.2, -0.15) is 5.10 Å². The molecule has 8 heteroatoms. The summed E-state index contributed by atoms with van der Waals surface area (Å²) in [6.07, 6.45) is 4.54. The minimum absolute atomic E-state index is 0.0147. The lowest BCUT2D eigenvalue weighted by Gasteiger charge is -2.43. The average molecular weight is 367 g/mol. The smallest absolute Gasteiger partial charge is 0.259 e. The summed E-state index contributed by atoms with van der Waals surface area (Å²) in [5, 5.41) is 6.37. The Morgan fingerprint density at radius 2 is 2.19 bits per heavy atom. The van der Waals surface area contributed by atoms with Crippen molar-refractivity contribution in [2.45, 2.75) is 6.04 Å². The lowest BCUT2D eigenvalue weighted by atomic mass is 10.1. The van der Waals surface area contributed by atoms with E-state index in [9.17, 15) is 9.59 Å². The van der Waals surface area contributed by atoms with Crippen molar-refractivity contribution in [1.29, 1.82) is 0 Å². The SMILES string of the molecule is C=CC(=O)N(C)C1CN(C(=O)c2cnn3c(-c4cccs4)ccnc23)C1. The maximum Gasteiger partial charge on any atom is 0.259 e. The first-order valence-corrected chi connectivity index (χ1v) is 9.03. The Morgan fingerprint density at radius 1 is 1.38 bits per heavy atom. The van der Waals surface area contributed by atoms with Crippen molar-refractivity contribution in [2.75, 3.05) is 20.1 Å². The van der Waals surface area contributed by atoms with Crippen molar-refractivity contribution in [3.63, 3.8) is 0 Å². The van der Waals surface area contributed by atoms with Crippen LogP contribution in [0.1, 0.15) is 10.4 Å². The number of fused-ring (bicyclic) bond motifs is 1. The molecule has 3 aromatic rings. The molecule has 1 aliphatic heterocycles. The summed E-state index contributed by atoms with van der Waals surface area (Å²) in [7, 11) is 1.72. The van der Waals surface area contributed by atoms with Crippen LogP contribution in [0.25, 0.3) is 16.2 Å². The van der Waals surface area contributed by atoms with Crippen LogP contribution in [0.5, 0.6) is 0 Å². The molecule has 0 radical (unpaired) electrons. The van der Waals surface area contributed by atoms with E-state index in [0.717, 1.165) is 10.6 Å². The van der Waals surface area contributed by atoms with E-state index in [1.807, 2.05) is 23.6 Å². The Labute approximate surface area is 154 Å². The van der Waals surface area contributed by atoms with Crippen LogP contribution < -0.4 is 0 Å². The standard InChI is InChI=1S/C18H17N5O2S/c1-3-16(24)21(2)12-10-22(11-12)18(25)13-9-20-23-14(6-7-19-17(13)23)15-5-4-8-26-15/h3-9,12H,1,10-11H2,2H3. The zero-order valence-corrected chi connectivity index (χ0v) is 15.0. The van der Waals surface area contributed by atoms with Gasteiger partial charge in [0.05, 0.1) is 22.8 Å². The Morgan fingerprint density at radius 3 is 2.88 bits per heavy atom. The monoisotopic (exact) mass is 367 g/mol. The zero-order chi connectivity index (χ0) is 18.3. The third kappa shape index (κ3) is 2.59. The van der Waals surface area contributed by atoms with Gasteiger partial charge in [0.1, 0.15) is 5.56 Å². The van der Waals surface area contributed by atoms with Gasteiger partial charge in [-0.25, -0.2) is 9.50 Å². The zero-order valence-electron chi connectivity index (χ0n) is 14.2. The number of rotatable bonds is 4. The molecule has 1 fully saturated rings. The lowest BCUT2D eigenvalue weighted by Crippen LogP contribution is -2.61. The first-order valence-electron chi connectivity index (χ1n) is 8.15. The van der Waals surface area contributed by atoms with E-state index in [-0.39, 0.29) is 17.9 Å². The van der Waals surface area contributed by atoms with Crippen LogP contribution >= 0.6 is 11.3 Å². The number of carbonyl (C=O) groups excluding carboxylic acids is 2. The fraction of sp³-hybridized carbons (Fsp3) is 0.222. The number of carbonyl (C=O) groups is 2. The number of amides is 2. The second kappa shape index (κ2) is 6.38. The van der Waals surface area contributed by atoms with Crippen molar-refractivity contribution in [1.82, 2.24) is 24.4 Å². The van der Waals surface area contributed by atoms with Crippen molar-refractivity contribution in [3.8, 4) is 10.6 Å². The second-order valence-electron chi connectivity index (χ2n) is 6.12. The quantitative estimate of drug-likeness (QED) is 0.661. The minimum atomic E-state index is -0.139. The summed E-state index contributed by atoms with van der Waals surface area (Å²) < 4.78 is 1.70. The van der Waals surface area contributed by atoms with Crippen LogP contribution in [0.15, 0.2) is 48.6 Å². The number of nitrogens with zero attached hydrogens (tertiary/aromatic N) is 5. The van der Waals surface area contributed by atoms with Gasteiger partial charge < -0.3 is 9.80 Å². The average Bonchev–Trinajstić information content (AvgIpc) is 3.28. The van der Waals surface area contributed by atoms with Gasteiger partial charge in [0.25, 0.3) is 5.91 Å². The Balaban J connectivity index is 1.57. The second-order valence-corrected chi connectivity index (χ2v) is 7.07. The number of hydrogen-bond acceptors (Lipinski definition) is 5. The highest BCUT2D eigenvalue weighted by atomic mass is 32.1. The number of aromatic nitrogens is 3. The van der Waals surface area contributed by atoms with Gasteiger partial charge in [0.15, 0.2) is 5.65 Å². The molecular formula is C18H17N5O2S. The largest absolute Gasteiger partial charge is 0.336 e. The molecule has 1 aliphatic rings. The Bertz CT molecular complexity index is 988. The van der Waals surface area contributed by atoms with Gasteiger partial charge in [-0.15, -0.1) is 11.3 Å². The van der Waals surface area contributed by atoms with Crippen molar-refractivity contribution >= 4 is 28.8 Å². The summed E-state index contributed by atoms with van der Waals surface area (Å²) in [4.78, 5) is 33.2. The van der Waals surface area contributed by atoms with Crippen LogP contribution in [0.2, 0.25) is 0 Å². The maximum absolute atomic E-state index is 12.8. The van der Waals surface area contributed by atoms with Crippen molar-refractivity contribution < 1.29 is 9.59 Å². The fourth-order valence-corrected chi connectivity index (χ4v) is 3.75. The molecule has 0 unspecified atom stereocenters. The van der Waals surface area contributed by atoms with E-state index in [4.69, 9.17) is 0 Å². The molecule has 4 heterocycles. The third-order valence-electron chi connectivity index (χ3n) is 4.62. The number of likely N-dealkylation sites (N-methyl/N-ethyl adjacent to an activating group) is 1. The topological polar surface area (TPSA) is 70.8 Å². The van der Waals surface area contributed by atoms with Crippen LogP contribution in [0.4, 0.5) is 0 Å². The van der Waals surface area contributed by atoms with Gasteiger partial charge in [-0.3, -0.25) is 9.59 Å².